The average molecular weight is 168 g/mol. The second kappa shape index (κ2) is 4.14. The highest BCUT2D eigenvalue weighted by atomic mass is 16.1. The molecular weight excluding hydrogens is 152 g/mol. The topological polar surface area (TPSA) is 46.3 Å². The number of primary amides is 1. The highest BCUT2D eigenvalue weighted by Crippen LogP contribution is 2.16. The standard InChI is InChI=1S/C9H16N2O/c1-2-6-11-7-4-3-5-8(11)9(10)12/h2,6,8H,3-5,7H2,1H3,(H2,10,12). The molecule has 1 aliphatic heterocycles. The molecule has 0 aromatic rings. The number of hydrogen-bond acceptors (Lipinski definition) is 2. The Balaban J connectivity index is 2.60. The summed E-state index contributed by atoms with van der Waals surface area (Å²) in [5.74, 6) is -0.201. The Hall–Kier alpha value is -0.990. The summed E-state index contributed by atoms with van der Waals surface area (Å²) in [7, 11) is 0. The lowest BCUT2D eigenvalue weighted by Gasteiger charge is -2.32. The van der Waals surface area contributed by atoms with Gasteiger partial charge in [-0.1, -0.05) is 6.08 Å². The van der Waals surface area contributed by atoms with Gasteiger partial charge < -0.3 is 10.6 Å². The van der Waals surface area contributed by atoms with Crippen LogP contribution < -0.4 is 5.73 Å². The number of piperidine rings is 1. The fourth-order valence-corrected chi connectivity index (χ4v) is 1.63. The van der Waals surface area contributed by atoms with Gasteiger partial charge in [0.2, 0.25) is 5.91 Å². The van der Waals surface area contributed by atoms with Gasteiger partial charge in [-0.05, 0) is 32.4 Å². The number of nitrogens with two attached hydrogens (primary N) is 1. The summed E-state index contributed by atoms with van der Waals surface area (Å²) in [5.41, 5.74) is 5.27. The lowest BCUT2D eigenvalue weighted by Crippen LogP contribution is -2.44. The van der Waals surface area contributed by atoms with Gasteiger partial charge in [-0.15, -0.1) is 0 Å². The van der Waals surface area contributed by atoms with Crippen LogP contribution in [0.5, 0.6) is 0 Å². The van der Waals surface area contributed by atoms with E-state index in [-0.39, 0.29) is 11.9 Å². The highest BCUT2D eigenvalue weighted by Gasteiger charge is 2.23. The number of nitrogens with zero attached hydrogens (tertiary/aromatic N) is 1. The Kier molecular flexibility index (Phi) is 3.14. The maximum atomic E-state index is 11.0. The largest absolute Gasteiger partial charge is 0.368 e. The van der Waals surface area contributed by atoms with Crippen molar-refractivity contribution < 1.29 is 4.79 Å². The third-order valence-electron chi connectivity index (χ3n) is 2.21. The average Bonchev–Trinajstić information content (AvgIpc) is 2.05. The summed E-state index contributed by atoms with van der Waals surface area (Å²) in [6.45, 7) is 2.91. The van der Waals surface area contributed by atoms with Gasteiger partial charge >= 0.3 is 0 Å². The van der Waals surface area contributed by atoms with Crippen molar-refractivity contribution >= 4 is 5.91 Å². The molecular formula is C9H16N2O. The van der Waals surface area contributed by atoms with Crippen molar-refractivity contribution in [1.82, 2.24) is 4.90 Å². The van der Waals surface area contributed by atoms with E-state index in [1.54, 1.807) is 0 Å². The molecule has 12 heavy (non-hydrogen) atoms. The summed E-state index contributed by atoms with van der Waals surface area (Å²) in [5, 5.41) is 0. The van der Waals surface area contributed by atoms with Crippen LogP contribution in [0.25, 0.3) is 0 Å². The lowest BCUT2D eigenvalue weighted by atomic mass is 10.0. The third kappa shape index (κ3) is 2.00. The number of carbonyl (C=O) groups is 1. The summed E-state index contributed by atoms with van der Waals surface area (Å²) in [6.07, 6.45) is 7.07. The van der Waals surface area contributed by atoms with E-state index in [0.717, 1.165) is 25.8 Å². The number of carbonyl (C=O) groups excluding carboxylic acids is 1. The first-order valence-electron chi connectivity index (χ1n) is 4.43. The molecule has 1 atom stereocenters. The van der Waals surface area contributed by atoms with Crippen LogP contribution >= 0.6 is 0 Å². The van der Waals surface area contributed by atoms with Gasteiger partial charge in [0, 0.05) is 6.54 Å². The zero-order valence-electron chi connectivity index (χ0n) is 7.49. The van der Waals surface area contributed by atoms with E-state index >= 15 is 0 Å². The molecule has 3 heteroatoms. The molecule has 0 bridgehead atoms. The first kappa shape index (κ1) is 9.10. The Morgan fingerprint density at radius 3 is 2.92 bits per heavy atom. The molecule has 1 unspecified atom stereocenters. The lowest BCUT2D eigenvalue weighted by molar-refractivity contribution is -0.123. The number of amides is 1. The van der Waals surface area contributed by atoms with Crippen LogP contribution in [0.4, 0.5) is 0 Å². The molecule has 1 saturated heterocycles. The van der Waals surface area contributed by atoms with Gasteiger partial charge in [0.05, 0.1) is 0 Å². The van der Waals surface area contributed by atoms with Crippen LogP contribution in [0.15, 0.2) is 12.3 Å². The van der Waals surface area contributed by atoms with Crippen molar-refractivity contribution in [3.63, 3.8) is 0 Å². The van der Waals surface area contributed by atoms with Crippen LogP contribution in [0.2, 0.25) is 0 Å². The van der Waals surface area contributed by atoms with Crippen molar-refractivity contribution in [2.24, 2.45) is 5.73 Å². The maximum Gasteiger partial charge on any atom is 0.240 e. The molecule has 0 aliphatic carbocycles. The van der Waals surface area contributed by atoms with E-state index in [0.29, 0.717) is 0 Å². The number of hydrogen-bond donors (Lipinski definition) is 1. The fourth-order valence-electron chi connectivity index (χ4n) is 1.63. The second-order valence-corrected chi connectivity index (χ2v) is 3.13. The minimum Gasteiger partial charge on any atom is -0.368 e. The summed E-state index contributed by atoms with van der Waals surface area (Å²) in [6, 6.07) is -0.0741. The van der Waals surface area contributed by atoms with Crippen molar-refractivity contribution in [1.29, 1.82) is 0 Å². The summed E-state index contributed by atoms with van der Waals surface area (Å²) in [4.78, 5) is 13.0. The molecule has 0 radical (unpaired) electrons. The molecule has 0 aromatic carbocycles. The SMILES string of the molecule is CC=CN1CCCCC1C(N)=O. The number of likely N-dealkylation sites (tertiary alicyclic amines) is 1. The number of rotatable bonds is 2. The van der Waals surface area contributed by atoms with E-state index in [2.05, 4.69) is 0 Å². The predicted octanol–water partition coefficient (Wildman–Crippen LogP) is 0.860. The summed E-state index contributed by atoms with van der Waals surface area (Å²) >= 11 is 0. The van der Waals surface area contributed by atoms with Crippen LogP contribution in [0, 0.1) is 0 Å². The molecule has 1 heterocycles. The van der Waals surface area contributed by atoms with E-state index in [1.165, 1.54) is 0 Å². The normalized spacial score (nSPS) is 24.8. The van der Waals surface area contributed by atoms with Crippen LogP contribution in [-0.2, 0) is 4.79 Å². The Morgan fingerprint density at radius 1 is 1.58 bits per heavy atom. The van der Waals surface area contributed by atoms with Crippen molar-refractivity contribution in [3.8, 4) is 0 Å². The fraction of sp³-hybridized carbons (Fsp3) is 0.667. The molecule has 1 fully saturated rings. The van der Waals surface area contributed by atoms with Gasteiger partial charge in [-0.3, -0.25) is 4.79 Å². The molecule has 3 nitrogen and oxygen atoms in total. The van der Waals surface area contributed by atoms with Gasteiger partial charge in [0.25, 0.3) is 0 Å². The van der Waals surface area contributed by atoms with Gasteiger partial charge in [-0.25, -0.2) is 0 Å². The zero-order valence-corrected chi connectivity index (χ0v) is 7.49. The molecule has 0 saturated carbocycles. The molecule has 68 valence electrons. The van der Waals surface area contributed by atoms with Crippen molar-refractivity contribution in [2.75, 3.05) is 6.54 Å². The molecule has 1 rings (SSSR count). The van der Waals surface area contributed by atoms with Crippen molar-refractivity contribution in [2.45, 2.75) is 32.2 Å². The molecule has 1 amide bonds. The van der Waals surface area contributed by atoms with Crippen LogP contribution in [-0.4, -0.2) is 23.4 Å². The monoisotopic (exact) mass is 168 g/mol. The Bertz CT molecular complexity index is 189. The van der Waals surface area contributed by atoms with Gasteiger partial charge in [-0.2, -0.15) is 0 Å². The van der Waals surface area contributed by atoms with Gasteiger partial charge in [0.15, 0.2) is 0 Å². The first-order chi connectivity index (χ1) is 5.75. The quantitative estimate of drug-likeness (QED) is 0.664. The molecule has 0 aromatic heterocycles. The van der Waals surface area contributed by atoms with E-state index in [9.17, 15) is 4.79 Å². The first-order valence-corrected chi connectivity index (χ1v) is 4.43. The zero-order chi connectivity index (χ0) is 8.97. The summed E-state index contributed by atoms with van der Waals surface area (Å²) < 4.78 is 0. The molecule has 2 N–H and O–H groups in total. The van der Waals surface area contributed by atoms with E-state index < -0.39 is 0 Å². The minimum absolute atomic E-state index is 0.0741. The Labute approximate surface area is 73.2 Å². The smallest absolute Gasteiger partial charge is 0.240 e. The van der Waals surface area contributed by atoms with E-state index in [4.69, 9.17) is 5.73 Å². The molecule has 0 spiro atoms. The van der Waals surface area contributed by atoms with Crippen molar-refractivity contribution in [3.05, 3.63) is 12.3 Å². The number of allylic oxidation sites excluding steroid dienone is 1. The highest BCUT2D eigenvalue weighted by molar-refractivity contribution is 5.80. The third-order valence-corrected chi connectivity index (χ3v) is 2.21. The second-order valence-electron chi connectivity index (χ2n) is 3.13. The predicted molar refractivity (Wildman–Crippen MR) is 48.4 cm³/mol. The van der Waals surface area contributed by atoms with Gasteiger partial charge in [0.1, 0.15) is 6.04 Å². The minimum atomic E-state index is -0.201. The maximum absolute atomic E-state index is 11.0. The Morgan fingerprint density at radius 2 is 2.33 bits per heavy atom. The van der Waals surface area contributed by atoms with E-state index in [1.807, 2.05) is 24.1 Å². The molecule has 1 aliphatic rings. The van der Waals surface area contributed by atoms with Crippen LogP contribution in [0.1, 0.15) is 26.2 Å². The van der Waals surface area contributed by atoms with Crippen LogP contribution in [0.3, 0.4) is 0 Å².